The number of nitrogens with two attached hydrogens (primary N) is 1. The number of aryl methyl sites for hydroxylation is 1. The fraction of sp³-hybridized carbons (Fsp3) is 0.364. The second-order valence-corrected chi connectivity index (χ2v) is 3.30. The number of benzene rings is 1. The van der Waals surface area contributed by atoms with Crippen molar-refractivity contribution in [3.63, 3.8) is 0 Å². The highest BCUT2D eigenvalue weighted by Gasteiger charge is 2.12. The normalized spacial score (nSPS) is 12.2. The van der Waals surface area contributed by atoms with Crippen LogP contribution in [0.2, 0.25) is 0 Å². The van der Waals surface area contributed by atoms with Crippen LogP contribution >= 0.6 is 12.4 Å². The van der Waals surface area contributed by atoms with Gasteiger partial charge in [-0.25, -0.2) is 0 Å². The molecule has 0 aliphatic carbocycles. The number of methoxy groups -OCH3 is 1. The van der Waals surface area contributed by atoms with Gasteiger partial charge in [-0.1, -0.05) is 12.1 Å². The fourth-order valence-electron chi connectivity index (χ4n) is 1.26. The van der Waals surface area contributed by atoms with Crippen LogP contribution in [0.25, 0.3) is 0 Å². The summed E-state index contributed by atoms with van der Waals surface area (Å²) >= 11 is 0. The maximum atomic E-state index is 10.6. The van der Waals surface area contributed by atoms with Gasteiger partial charge in [-0.15, -0.1) is 12.4 Å². The van der Waals surface area contributed by atoms with E-state index in [4.69, 9.17) is 16.9 Å². The highest BCUT2D eigenvalue weighted by Crippen LogP contribution is 2.19. The van der Waals surface area contributed by atoms with Gasteiger partial charge < -0.3 is 15.6 Å². The van der Waals surface area contributed by atoms with Gasteiger partial charge in [0, 0.05) is 1.37 Å². The zero-order valence-corrected chi connectivity index (χ0v) is 9.79. The van der Waals surface area contributed by atoms with Crippen LogP contribution in [0, 0.1) is 6.90 Å². The molecule has 1 rings (SSSR count). The summed E-state index contributed by atoms with van der Waals surface area (Å²) in [5, 5.41) is 8.68. The predicted molar refractivity (Wildman–Crippen MR) is 64.3 cm³/mol. The third kappa shape index (κ3) is 3.72. The van der Waals surface area contributed by atoms with Gasteiger partial charge in [0.25, 0.3) is 0 Å². The topological polar surface area (TPSA) is 72.6 Å². The number of carboxylic acid groups (broad SMARTS) is 1. The van der Waals surface area contributed by atoms with Crippen LogP contribution in [0.3, 0.4) is 0 Å². The van der Waals surface area contributed by atoms with Crippen molar-refractivity contribution in [3.05, 3.63) is 29.3 Å². The number of rotatable bonds is 4. The Morgan fingerprint density at radius 1 is 1.69 bits per heavy atom. The van der Waals surface area contributed by atoms with Crippen molar-refractivity contribution in [2.24, 2.45) is 5.73 Å². The lowest BCUT2D eigenvalue weighted by Crippen LogP contribution is -2.32. The van der Waals surface area contributed by atoms with E-state index in [1.165, 1.54) is 7.11 Å². The van der Waals surface area contributed by atoms with Crippen molar-refractivity contribution in [1.82, 2.24) is 0 Å². The van der Waals surface area contributed by atoms with Crippen LogP contribution in [-0.4, -0.2) is 24.2 Å². The van der Waals surface area contributed by atoms with Crippen molar-refractivity contribution < 1.29 is 16.0 Å². The molecule has 1 aromatic carbocycles. The Balaban J connectivity index is 0.00000256. The maximum Gasteiger partial charge on any atom is 0.320 e. The molecule has 0 aromatic heterocycles. The van der Waals surface area contributed by atoms with E-state index in [2.05, 4.69) is 0 Å². The molecule has 16 heavy (non-hydrogen) atoms. The standard InChI is InChI=1S/C11H15NO3.ClH/c1-7-3-4-8(6-10(7)15-2)5-9(12)11(13)14;/h3-4,6,9H,5,12H2,1-2H3,(H,13,14);1H/t9-;/m0./s1/i1D;. The largest absolute Gasteiger partial charge is 0.496 e. The van der Waals surface area contributed by atoms with Gasteiger partial charge in [0.05, 0.1) is 7.11 Å². The van der Waals surface area contributed by atoms with Crippen molar-refractivity contribution in [2.45, 2.75) is 19.4 Å². The van der Waals surface area contributed by atoms with Gasteiger partial charge in [-0.05, 0) is 30.5 Å². The van der Waals surface area contributed by atoms with Crippen molar-refractivity contribution >= 4 is 18.4 Å². The van der Waals surface area contributed by atoms with Crippen LogP contribution in [0.5, 0.6) is 5.75 Å². The summed E-state index contributed by atoms with van der Waals surface area (Å²) in [6.45, 7) is 0.133. The van der Waals surface area contributed by atoms with E-state index in [1.54, 1.807) is 18.2 Å². The lowest BCUT2D eigenvalue weighted by molar-refractivity contribution is -0.138. The van der Waals surface area contributed by atoms with Crippen molar-refractivity contribution in [1.29, 1.82) is 0 Å². The average Bonchev–Trinajstić information content (AvgIpc) is 2.28. The molecule has 0 unspecified atom stereocenters. The van der Waals surface area contributed by atoms with Crippen LogP contribution < -0.4 is 10.5 Å². The Bertz CT molecular complexity index is 387. The molecule has 0 saturated heterocycles. The van der Waals surface area contributed by atoms with E-state index in [0.29, 0.717) is 5.75 Å². The maximum absolute atomic E-state index is 10.6. The minimum atomic E-state index is -1.02. The molecule has 0 aliphatic heterocycles. The fourth-order valence-corrected chi connectivity index (χ4v) is 1.26. The lowest BCUT2D eigenvalue weighted by Gasteiger charge is -2.09. The summed E-state index contributed by atoms with van der Waals surface area (Å²) in [4.78, 5) is 10.6. The summed E-state index contributed by atoms with van der Waals surface area (Å²) in [6, 6.07) is 4.35. The molecule has 5 heteroatoms. The molecule has 0 saturated carbocycles. The van der Waals surface area contributed by atoms with E-state index in [9.17, 15) is 4.79 Å². The highest BCUT2D eigenvalue weighted by molar-refractivity contribution is 5.85. The lowest BCUT2D eigenvalue weighted by atomic mass is 10.0. The van der Waals surface area contributed by atoms with Gasteiger partial charge in [0.15, 0.2) is 0 Å². The first-order valence-electron chi connectivity index (χ1n) is 5.22. The number of ether oxygens (including phenoxy) is 1. The quantitative estimate of drug-likeness (QED) is 0.842. The van der Waals surface area contributed by atoms with Crippen LogP contribution in [0.1, 0.15) is 12.5 Å². The molecular formula is C11H16ClNO3. The van der Waals surface area contributed by atoms with Gasteiger partial charge in [-0.2, -0.15) is 0 Å². The summed E-state index contributed by atoms with van der Waals surface area (Å²) in [6.07, 6.45) is 0.254. The molecule has 0 amide bonds. The summed E-state index contributed by atoms with van der Waals surface area (Å²) in [7, 11) is 1.52. The second kappa shape index (κ2) is 6.35. The molecule has 0 fully saturated rings. The monoisotopic (exact) mass is 246 g/mol. The number of hydrogen-bond acceptors (Lipinski definition) is 3. The average molecular weight is 247 g/mol. The molecule has 0 spiro atoms. The van der Waals surface area contributed by atoms with Crippen molar-refractivity contribution in [2.75, 3.05) is 7.11 Å². The minimum absolute atomic E-state index is 0. The molecule has 0 radical (unpaired) electrons. The molecule has 0 bridgehead atoms. The number of hydrogen-bond donors (Lipinski definition) is 2. The predicted octanol–water partition coefficient (Wildman–Crippen LogP) is 1.38. The van der Waals surface area contributed by atoms with E-state index < -0.39 is 12.0 Å². The second-order valence-electron chi connectivity index (χ2n) is 3.30. The Kier molecular flexibility index (Phi) is 5.08. The zero-order valence-electron chi connectivity index (χ0n) is 9.97. The highest BCUT2D eigenvalue weighted by atomic mass is 35.5. The first-order valence-corrected chi connectivity index (χ1v) is 4.52. The van der Waals surface area contributed by atoms with E-state index in [1.807, 2.05) is 0 Å². The number of carbonyl (C=O) groups is 1. The van der Waals surface area contributed by atoms with Crippen molar-refractivity contribution in [3.8, 4) is 5.75 Å². The Morgan fingerprint density at radius 3 is 2.88 bits per heavy atom. The van der Waals surface area contributed by atoms with E-state index >= 15 is 0 Å². The van der Waals surface area contributed by atoms with E-state index in [0.717, 1.165) is 11.1 Å². The molecular weight excluding hydrogens is 230 g/mol. The molecule has 0 heterocycles. The molecule has 1 aromatic rings. The molecule has 1 atom stereocenters. The smallest absolute Gasteiger partial charge is 0.320 e. The van der Waals surface area contributed by atoms with Crippen LogP contribution in [0.4, 0.5) is 0 Å². The number of aliphatic carboxylic acids is 1. The van der Waals surface area contributed by atoms with Gasteiger partial charge in [0.1, 0.15) is 11.8 Å². The summed E-state index contributed by atoms with van der Waals surface area (Å²) in [5.41, 5.74) is 7.00. The van der Waals surface area contributed by atoms with Gasteiger partial charge in [-0.3, -0.25) is 4.79 Å². The van der Waals surface area contributed by atoms with Gasteiger partial charge in [0.2, 0.25) is 0 Å². The number of halogens is 1. The third-order valence-electron chi connectivity index (χ3n) is 2.12. The van der Waals surface area contributed by atoms with Gasteiger partial charge >= 0.3 is 5.97 Å². The summed E-state index contributed by atoms with van der Waals surface area (Å²) in [5.74, 6) is -0.423. The Labute approximate surface area is 102 Å². The molecule has 90 valence electrons. The minimum Gasteiger partial charge on any atom is -0.496 e. The van der Waals surface area contributed by atoms with Crippen LogP contribution in [-0.2, 0) is 11.2 Å². The SMILES string of the molecule is Cl.[2H]Cc1ccc(C[C@H](N)C(=O)O)cc1OC. The number of carboxylic acids is 1. The zero-order chi connectivity index (χ0) is 12.1. The molecule has 4 nitrogen and oxygen atoms in total. The molecule has 0 aliphatic rings. The first kappa shape index (κ1) is 12.8. The first-order chi connectivity index (χ1) is 7.58. The third-order valence-corrected chi connectivity index (χ3v) is 2.12. The molecule has 3 N–H and O–H groups in total. The Morgan fingerprint density at radius 2 is 2.38 bits per heavy atom. The summed E-state index contributed by atoms with van der Waals surface area (Å²) < 4.78 is 12.4. The van der Waals surface area contributed by atoms with E-state index in [-0.39, 0.29) is 25.7 Å². The van der Waals surface area contributed by atoms with Crippen LogP contribution in [0.15, 0.2) is 18.2 Å². The Hall–Kier alpha value is -1.26.